The minimum absolute atomic E-state index is 0.0446. The van der Waals surface area contributed by atoms with Gasteiger partial charge in [-0.2, -0.15) is 11.8 Å². The van der Waals surface area contributed by atoms with Crippen molar-refractivity contribution in [1.29, 1.82) is 0 Å². The van der Waals surface area contributed by atoms with Crippen LogP contribution in [0.1, 0.15) is 31.2 Å². The molecular formula is C24H25N3O2S. The summed E-state index contributed by atoms with van der Waals surface area (Å²) >= 11 is 1.92. The lowest BCUT2D eigenvalue weighted by Gasteiger charge is -2.16. The molecule has 2 aliphatic heterocycles. The Labute approximate surface area is 181 Å². The Hall–Kier alpha value is -2.78. The lowest BCUT2D eigenvalue weighted by atomic mass is 9.99. The van der Waals surface area contributed by atoms with Gasteiger partial charge in [0.05, 0.1) is 18.7 Å². The van der Waals surface area contributed by atoms with Gasteiger partial charge in [0.15, 0.2) is 5.69 Å². The predicted octanol–water partition coefficient (Wildman–Crippen LogP) is 4.74. The normalized spacial score (nSPS) is 22.1. The summed E-state index contributed by atoms with van der Waals surface area (Å²) in [5, 5.41) is 6.44. The van der Waals surface area contributed by atoms with E-state index in [0.717, 1.165) is 41.7 Å². The number of Topliss-reactive ketones (excluding diaryl/α,β-unsaturated/α-hetero) is 1. The van der Waals surface area contributed by atoms with Crippen LogP contribution in [0.25, 0.3) is 16.0 Å². The van der Waals surface area contributed by atoms with Gasteiger partial charge < -0.3 is 10.6 Å². The van der Waals surface area contributed by atoms with E-state index in [-0.39, 0.29) is 23.9 Å². The second kappa shape index (κ2) is 9.36. The Bertz CT molecular complexity index is 950. The third-order valence-corrected chi connectivity index (χ3v) is 7.33. The highest BCUT2D eigenvalue weighted by molar-refractivity contribution is 8.00. The zero-order valence-corrected chi connectivity index (χ0v) is 17.6. The summed E-state index contributed by atoms with van der Waals surface area (Å²) in [7, 11) is 0. The lowest BCUT2D eigenvalue weighted by Crippen LogP contribution is -2.36. The minimum atomic E-state index is -0.0446. The number of carbonyl (C=O) groups is 2. The zero-order valence-electron chi connectivity index (χ0n) is 16.8. The first-order valence-electron chi connectivity index (χ1n) is 10.4. The SMILES string of the molecule is [C-]#[N+]c1ccc(-c2ccc(CC(=O)CCCC[C@@H]3SCC4NC(=O)NC43)cc2)cc1. The topological polar surface area (TPSA) is 62.6 Å². The second-order valence-corrected chi connectivity index (χ2v) is 9.21. The van der Waals surface area contributed by atoms with Crippen molar-refractivity contribution in [2.75, 3.05) is 5.75 Å². The smallest absolute Gasteiger partial charge is 0.315 e. The van der Waals surface area contributed by atoms with Gasteiger partial charge in [-0.05, 0) is 29.5 Å². The Kier molecular flexibility index (Phi) is 6.39. The number of hydrogen-bond acceptors (Lipinski definition) is 3. The molecule has 6 heteroatoms. The average Bonchev–Trinajstić information content (AvgIpc) is 3.31. The van der Waals surface area contributed by atoms with Gasteiger partial charge in [-0.1, -0.05) is 55.0 Å². The lowest BCUT2D eigenvalue weighted by molar-refractivity contribution is -0.118. The van der Waals surface area contributed by atoms with Crippen LogP contribution in [0.4, 0.5) is 10.5 Å². The summed E-state index contributed by atoms with van der Waals surface area (Å²) in [4.78, 5) is 27.2. The predicted molar refractivity (Wildman–Crippen MR) is 121 cm³/mol. The Morgan fingerprint density at radius 1 is 1.03 bits per heavy atom. The minimum Gasteiger partial charge on any atom is -0.332 e. The van der Waals surface area contributed by atoms with Crippen LogP contribution in [0.3, 0.4) is 0 Å². The number of hydrogen-bond donors (Lipinski definition) is 2. The maximum Gasteiger partial charge on any atom is 0.315 e. The van der Waals surface area contributed by atoms with Crippen LogP contribution in [0.15, 0.2) is 48.5 Å². The van der Waals surface area contributed by atoms with Gasteiger partial charge in [-0.25, -0.2) is 9.64 Å². The highest BCUT2D eigenvalue weighted by Crippen LogP contribution is 2.33. The largest absolute Gasteiger partial charge is 0.332 e. The summed E-state index contributed by atoms with van der Waals surface area (Å²) in [6.45, 7) is 7.03. The van der Waals surface area contributed by atoms with Crippen molar-refractivity contribution in [3.05, 3.63) is 65.5 Å². The number of fused-ring (bicyclic) bond motifs is 1. The number of ketones is 1. The fraction of sp³-hybridized carbons (Fsp3) is 0.375. The molecule has 3 atom stereocenters. The molecule has 5 nitrogen and oxygen atoms in total. The van der Waals surface area contributed by atoms with E-state index in [1.54, 1.807) is 0 Å². The van der Waals surface area contributed by atoms with Gasteiger partial charge in [-0.3, -0.25) is 4.79 Å². The van der Waals surface area contributed by atoms with Gasteiger partial charge in [-0.15, -0.1) is 0 Å². The van der Waals surface area contributed by atoms with Crippen LogP contribution in [0.5, 0.6) is 0 Å². The molecule has 2 heterocycles. The molecule has 0 spiro atoms. The molecule has 2 aromatic carbocycles. The zero-order chi connectivity index (χ0) is 20.9. The highest BCUT2D eigenvalue weighted by Gasteiger charge is 2.42. The number of carbonyl (C=O) groups excluding carboxylic acids is 2. The number of urea groups is 1. The van der Waals surface area contributed by atoms with E-state index in [2.05, 4.69) is 15.5 Å². The van der Waals surface area contributed by atoms with E-state index in [9.17, 15) is 9.59 Å². The molecule has 2 amide bonds. The van der Waals surface area contributed by atoms with Crippen molar-refractivity contribution in [3.63, 3.8) is 0 Å². The Balaban J connectivity index is 1.19. The van der Waals surface area contributed by atoms with Gasteiger partial charge in [0, 0.05) is 23.8 Å². The van der Waals surface area contributed by atoms with E-state index in [0.29, 0.717) is 23.8 Å². The second-order valence-electron chi connectivity index (χ2n) is 7.94. The van der Waals surface area contributed by atoms with Crippen LogP contribution >= 0.6 is 11.8 Å². The quantitative estimate of drug-likeness (QED) is 0.369. The summed E-state index contributed by atoms with van der Waals surface area (Å²) in [6, 6.07) is 16.1. The fourth-order valence-electron chi connectivity index (χ4n) is 4.17. The molecule has 30 heavy (non-hydrogen) atoms. The van der Waals surface area contributed by atoms with Crippen LogP contribution in [0.2, 0.25) is 0 Å². The number of benzene rings is 2. The Morgan fingerprint density at radius 3 is 2.43 bits per heavy atom. The molecule has 0 aromatic heterocycles. The molecule has 0 bridgehead atoms. The monoisotopic (exact) mass is 419 g/mol. The Morgan fingerprint density at radius 2 is 1.73 bits per heavy atom. The molecule has 2 saturated heterocycles. The first-order valence-corrected chi connectivity index (χ1v) is 11.4. The maximum atomic E-state index is 12.4. The molecule has 0 saturated carbocycles. The molecule has 4 rings (SSSR count). The number of nitrogens with zero attached hydrogens (tertiary/aromatic N) is 1. The van der Waals surface area contributed by atoms with Crippen molar-refractivity contribution >= 4 is 29.3 Å². The van der Waals surface area contributed by atoms with Gasteiger partial charge in [0.1, 0.15) is 5.78 Å². The van der Waals surface area contributed by atoms with E-state index in [1.165, 1.54) is 0 Å². The van der Waals surface area contributed by atoms with Gasteiger partial charge >= 0.3 is 6.03 Å². The van der Waals surface area contributed by atoms with Crippen LogP contribution < -0.4 is 10.6 Å². The molecule has 0 aliphatic carbocycles. The molecule has 2 aliphatic rings. The molecule has 154 valence electrons. The van der Waals surface area contributed by atoms with Crippen molar-refractivity contribution in [3.8, 4) is 11.1 Å². The van der Waals surface area contributed by atoms with Crippen molar-refractivity contribution in [2.24, 2.45) is 0 Å². The fourth-order valence-corrected chi connectivity index (χ4v) is 5.71. The number of rotatable bonds is 8. The molecular weight excluding hydrogens is 394 g/mol. The van der Waals surface area contributed by atoms with Crippen LogP contribution in [-0.4, -0.2) is 34.9 Å². The highest BCUT2D eigenvalue weighted by atomic mass is 32.2. The number of thioether (sulfide) groups is 1. The molecule has 2 fully saturated rings. The van der Waals surface area contributed by atoms with Gasteiger partial charge in [0.2, 0.25) is 0 Å². The van der Waals surface area contributed by atoms with Crippen molar-refractivity contribution in [2.45, 2.75) is 49.4 Å². The summed E-state index contributed by atoms with van der Waals surface area (Å²) in [5.41, 5.74) is 3.83. The van der Waals surface area contributed by atoms with Gasteiger partial charge in [0.25, 0.3) is 0 Å². The number of nitrogens with one attached hydrogen (secondary N) is 2. The number of unbranched alkanes of at least 4 members (excludes halogenated alkanes) is 1. The summed E-state index contributed by atoms with van der Waals surface area (Å²) in [6.07, 6.45) is 4.04. The first kappa shape index (κ1) is 20.5. The molecule has 2 N–H and O–H groups in total. The van der Waals surface area contributed by atoms with Crippen molar-refractivity contribution < 1.29 is 9.59 Å². The maximum absolute atomic E-state index is 12.4. The summed E-state index contributed by atoms with van der Waals surface area (Å²) in [5.74, 6) is 1.25. The third kappa shape index (κ3) is 4.85. The number of amides is 2. The average molecular weight is 420 g/mol. The van der Waals surface area contributed by atoms with E-state index >= 15 is 0 Å². The summed E-state index contributed by atoms with van der Waals surface area (Å²) < 4.78 is 0. The van der Waals surface area contributed by atoms with E-state index in [1.807, 2.05) is 60.3 Å². The third-order valence-electron chi connectivity index (χ3n) is 5.82. The van der Waals surface area contributed by atoms with Crippen molar-refractivity contribution in [1.82, 2.24) is 10.6 Å². The molecule has 2 aromatic rings. The first-order chi connectivity index (χ1) is 14.6. The van der Waals surface area contributed by atoms with E-state index < -0.39 is 0 Å². The van der Waals surface area contributed by atoms with Crippen LogP contribution in [0, 0.1) is 6.57 Å². The molecule has 0 radical (unpaired) electrons. The van der Waals surface area contributed by atoms with E-state index in [4.69, 9.17) is 6.57 Å². The molecule has 2 unspecified atom stereocenters. The standard InChI is InChI=1S/C24H25N3O2S/c1-25-19-12-10-18(11-13-19)17-8-6-16(7-9-17)14-20(28)4-2-3-5-22-23-21(15-30-22)26-24(29)27-23/h6-13,21-23H,2-5,14-15H2,(H2,26,27,29)/t21?,22-,23?/m0/s1. The van der Waals surface area contributed by atoms with Crippen LogP contribution in [-0.2, 0) is 11.2 Å².